The standard InChI is InChI=1S/C9H15NO4/c1-7(9(12)13)3-5-10-6-4-8(11)14-2/h3,10H,4-6H2,1-2H3,(H,12,13)/b7-3-. The van der Waals surface area contributed by atoms with Crippen LogP contribution in [0.1, 0.15) is 13.3 Å². The Morgan fingerprint density at radius 3 is 2.64 bits per heavy atom. The molecule has 14 heavy (non-hydrogen) atoms. The van der Waals surface area contributed by atoms with Gasteiger partial charge in [0, 0.05) is 18.7 Å². The maximum atomic E-state index is 10.6. The van der Waals surface area contributed by atoms with Crippen molar-refractivity contribution < 1.29 is 19.4 Å². The SMILES string of the molecule is COC(=O)CCNC/C=C(/C)C(=O)O. The molecule has 5 heteroatoms. The van der Waals surface area contributed by atoms with Gasteiger partial charge < -0.3 is 15.2 Å². The molecule has 80 valence electrons. The quantitative estimate of drug-likeness (QED) is 0.364. The Balaban J connectivity index is 3.51. The Bertz CT molecular complexity index is 235. The molecule has 0 bridgehead atoms. The van der Waals surface area contributed by atoms with Gasteiger partial charge in [-0.05, 0) is 6.92 Å². The first-order chi connectivity index (χ1) is 6.57. The normalized spacial score (nSPS) is 11.1. The predicted molar refractivity (Wildman–Crippen MR) is 50.9 cm³/mol. The second-order valence-corrected chi connectivity index (χ2v) is 2.72. The molecule has 0 heterocycles. The summed E-state index contributed by atoms with van der Waals surface area (Å²) in [4.78, 5) is 21.0. The highest BCUT2D eigenvalue weighted by molar-refractivity contribution is 5.85. The lowest BCUT2D eigenvalue weighted by Crippen LogP contribution is -2.19. The van der Waals surface area contributed by atoms with Gasteiger partial charge in [-0.3, -0.25) is 4.79 Å². The van der Waals surface area contributed by atoms with Gasteiger partial charge in [0.05, 0.1) is 13.5 Å². The van der Waals surface area contributed by atoms with Crippen LogP contribution >= 0.6 is 0 Å². The van der Waals surface area contributed by atoms with E-state index in [1.54, 1.807) is 6.08 Å². The molecule has 0 unspecified atom stereocenters. The summed E-state index contributed by atoms with van der Waals surface area (Å²) < 4.78 is 4.43. The van der Waals surface area contributed by atoms with Crippen molar-refractivity contribution >= 4 is 11.9 Å². The van der Waals surface area contributed by atoms with E-state index in [0.29, 0.717) is 13.1 Å². The largest absolute Gasteiger partial charge is 0.478 e. The van der Waals surface area contributed by atoms with Gasteiger partial charge in [-0.1, -0.05) is 6.08 Å². The Morgan fingerprint density at radius 2 is 2.14 bits per heavy atom. The Hall–Kier alpha value is -1.36. The highest BCUT2D eigenvalue weighted by Crippen LogP contribution is 1.89. The van der Waals surface area contributed by atoms with Gasteiger partial charge in [0.2, 0.25) is 0 Å². The van der Waals surface area contributed by atoms with Crippen molar-refractivity contribution in [3.8, 4) is 0 Å². The number of ether oxygens (including phenoxy) is 1. The number of methoxy groups -OCH3 is 1. The van der Waals surface area contributed by atoms with Crippen LogP contribution in [0.4, 0.5) is 0 Å². The summed E-state index contributed by atoms with van der Waals surface area (Å²) in [6.45, 7) is 2.44. The van der Waals surface area contributed by atoms with Crippen LogP contribution in [0.3, 0.4) is 0 Å². The molecule has 0 spiro atoms. The molecule has 0 amide bonds. The van der Waals surface area contributed by atoms with Crippen molar-refractivity contribution in [1.29, 1.82) is 0 Å². The average Bonchev–Trinajstić information content (AvgIpc) is 2.16. The molecule has 2 N–H and O–H groups in total. The number of carboxylic acids is 1. The van der Waals surface area contributed by atoms with E-state index in [1.165, 1.54) is 14.0 Å². The van der Waals surface area contributed by atoms with E-state index in [2.05, 4.69) is 10.1 Å². The molecule has 0 fully saturated rings. The van der Waals surface area contributed by atoms with Gasteiger partial charge in [-0.25, -0.2) is 4.79 Å². The minimum Gasteiger partial charge on any atom is -0.478 e. The van der Waals surface area contributed by atoms with Crippen LogP contribution in [0.15, 0.2) is 11.6 Å². The third-order valence-electron chi connectivity index (χ3n) is 1.62. The number of hydrogen-bond acceptors (Lipinski definition) is 4. The van der Waals surface area contributed by atoms with E-state index in [9.17, 15) is 9.59 Å². The van der Waals surface area contributed by atoms with E-state index in [0.717, 1.165) is 0 Å². The fourth-order valence-corrected chi connectivity index (χ4v) is 0.707. The molecule has 0 aromatic heterocycles. The summed E-state index contributed by atoms with van der Waals surface area (Å²) >= 11 is 0. The molecule has 5 nitrogen and oxygen atoms in total. The van der Waals surface area contributed by atoms with Crippen LogP contribution in [0.2, 0.25) is 0 Å². The van der Waals surface area contributed by atoms with Crippen molar-refractivity contribution in [2.45, 2.75) is 13.3 Å². The maximum Gasteiger partial charge on any atom is 0.330 e. The van der Waals surface area contributed by atoms with E-state index in [4.69, 9.17) is 5.11 Å². The first-order valence-corrected chi connectivity index (χ1v) is 4.25. The van der Waals surface area contributed by atoms with E-state index in [1.807, 2.05) is 0 Å². The summed E-state index contributed by atoms with van der Waals surface area (Å²) in [5, 5.41) is 11.4. The molecular weight excluding hydrogens is 186 g/mol. The number of aliphatic carboxylic acids is 1. The predicted octanol–water partition coefficient (Wildman–Crippen LogP) is 0.170. The number of esters is 1. The summed E-state index contributed by atoms with van der Waals surface area (Å²) in [5.41, 5.74) is 0.288. The van der Waals surface area contributed by atoms with Crippen molar-refractivity contribution in [2.75, 3.05) is 20.2 Å². The Kier molecular flexibility index (Phi) is 6.39. The topological polar surface area (TPSA) is 75.6 Å². The monoisotopic (exact) mass is 201 g/mol. The van der Waals surface area contributed by atoms with Gasteiger partial charge >= 0.3 is 11.9 Å². The number of rotatable bonds is 6. The first-order valence-electron chi connectivity index (χ1n) is 4.25. The zero-order chi connectivity index (χ0) is 11.0. The van der Waals surface area contributed by atoms with Gasteiger partial charge in [0.15, 0.2) is 0 Å². The fourth-order valence-electron chi connectivity index (χ4n) is 0.707. The number of nitrogens with one attached hydrogen (secondary N) is 1. The lowest BCUT2D eigenvalue weighted by Gasteiger charge is -2.00. The van der Waals surface area contributed by atoms with Gasteiger partial charge in [0.1, 0.15) is 0 Å². The molecule has 0 radical (unpaired) electrons. The summed E-state index contributed by atoms with van der Waals surface area (Å²) in [6, 6.07) is 0. The molecule has 0 atom stereocenters. The molecule has 0 saturated carbocycles. The minimum atomic E-state index is -0.931. The lowest BCUT2D eigenvalue weighted by molar-refractivity contribution is -0.140. The number of carboxylic acid groups (broad SMARTS) is 1. The zero-order valence-electron chi connectivity index (χ0n) is 8.37. The first kappa shape index (κ1) is 12.6. The highest BCUT2D eigenvalue weighted by Gasteiger charge is 1.99. The molecule has 0 saturated heterocycles. The van der Waals surface area contributed by atoms with Crippen molar-refractivity contribution in [3.05, 3.63) is 11.6 Å². The van der Waals surface area contributed by atoms with Crippen molar-refractivity contribution in [3.63, 3.8) is 0 Å². The molecule has 0 rings (SSSR count). The molecule has 0 aliphatic rings. The van der Waals surface area contributed by atoms with Gasteiger partial charge in [-0.2, -0.15) is 0 Å². The molecule has 0 aliphatic carbocycles. The van der Waals surface area contributed by atoms with E-state index in [-0.39, 0.29) is 18.0 Å². The maximum absolute atomic E-state index is 10.6. The smallest absolute Gasteiger partial charge is 0.330 e. The van der Waals surface area contributed by atoms with Crippen LogP contribution in [-0.2, 0) is 14.3 Å². The minimum absolute atomic E-state index is 0.281. The van der Waals surface area contributed by atoms with E-state index >= 15 is 0 Å². The van der Waals surface area contributed by atoms with Crippen LogP contribution in [-0.4, -0.2) is 37.2 Å². The van der Waals surface area contributed by atoms with Gasteiger partial charge in [0.25, 0.3) is 0 Å². The number of hydrogen-bond donors (Lipinski definition) is 2. The molecule has 0 aliphatic heterocycles. The number of carbonyl (C=O) groups excluding carboxylic acids is 1. The summed E-state index contributed by atoms with van der Waals surface area (Å²) in [7, 11) is 1.33. The second kappa shape index (κ2) is 7.08. The fraction of sp³-hybridized carbons (Fsp3) is 0.556. The zero-order valence-corrected chi connectivity index (χ0v) is 8.37. The Labute approximate surface area is 82.7 Å². The summed E-state index contributed by atoms with van der Waals surface area (Å²) in [6.07, 6.45) is 1.84. The third-order valence-corrected chi connectivity index (χ3v) is 1.62. The van der Waals surface area contributed by atoms with Crippen LogP contribution in [0.5, 0.6) is 0 Å². The molecule has 0 aromatic rings. The molecule has 0 aromatic carbocycles. The average molecular weight is 201 g/mol. The Morgan fingerprint density at radius 1 is 1.50 bits per heavy atom. The van der Waals surface area contributed by atoms with Crippen molar-refractivity contribution in [2.24, 2.45) is 0 Å². The van der Waals surface area contributed by atoms with E-state index < -0.39 is 5.97 Å². The number of carbonyl (C=O) groups is 2. The van der Waals surface area contributed by atoms with Crippen LogP contribution < -0.4 is 5.32 Å². The van der Waals surface area contributed by atoms with Crippen LogP contribution in [0.25, 0.3) is 0 Å². The lowest BCUT2D eigenvalue weighted by atomic mass is 10.3. The molecular formula is C9H15NO4. The van der Waals surface area contributed by atoms with Gasteiger partial charge in [-0.15, -0.1) is 0 Å². The second-order valence-electron chi connectivity index (χ2n) is 2.72. The third kappa shape index (κ3) is 6.19. The highest BCUT2D eigenvalue weighted by atomic mass is 16.5. The summed E-state index contributed by atoms with van der Waals surface area (Å²) in [5.74, 6) is -1.21. The van der Waals surface area contributed by atoms with Crippen molar-refractivity contribution in [1.82, 2.24) is 5.32 Å². The van der Waals surface area contributed by atoms with Crippen LogP contribution in [0, 0.1) is 0 Å².